The molecule has 1 fully saturated rings. The minimum atomic E-state index is -2.83. The number of aryl methyl sites for hydroxylation is 1. The van der Waals surface area contributed by atoms with Crippen LogP contribution in [-0.2, 0) is 9.84 Å². The van der Waals surface area contributed by atoms with Gasteiger partial charge in [0.05, 0.1) is 11.5 Å². The van der Waals surface area contributed by atoms with Crippen molar-refractivity contribution in [2.24, 2.45) is 11.7 Å². The Labute approximate surface area is 119 Å². The average Bonchev–Trinajstić information content (AvgIpc) is 2.67. The lowest BCUT2D eigenvalue weighted by molar-refractivity contribution is 0.596. The molecular formula is C13H18N2O2S2. The summed E-state index contributed by atoms with van der Waals surface area (Å²) in [6.07, 6.45) is 0.726. The van der Waals surface area contributed by atoms with E-state index in [1.807, 2.05) is 25.1 Å². The number of thiocarbonyl (C=S) groups is 1. The summed E-state index contributed by atoms with van der Waals surface area (Å²) in [5.74, 6) is 0.743. The van der Waals surface area contributed by atoms with Crippen molar-refractivity contribution in [2.75, 3.05) is 23.4 Å². The van der Waals surface area contributed by atoms with Crippen molar-refractivity contribution in [1.82, 2.24) is 0 Å². The Hall–Kier alpha value is -1.14. The normalized spacial score (nSPS) is 21.2. The fourth-order valence-electron chi connectivity index (χ4n) is 2.39. The van der Waals surface area contributed by atoms with Gasteiger partial charge in [0.25, 0.3) is 0 Å². The van der Waals surface area contributed by atoms with Gasteiger partial charge in [0.2, 0.25) is 0 Å². The minimum absolute atomic E-state index is 0.170. The van der Waals surface area contributed by atoms with Gasteiger partial charge in [0.15, 0.2) is 9.84 Å². The minimum Gasteiger partial charge on any atom is -0.389 e. The first-order valence-electron chi connectivity index (χ1n) is 6.23. The molecule has 1 aliphatic heterocycles. The third kappa shape index (κ3) is 3.45. The zero-order chi connectivity index (χ0) is 14.0. The molecule has 4 nitrogen and oxygen atoms in total. The predicted octanol–water partition coefficient (Wildman–Crippen LogP) is 1.48. The fourth-order valence-corrected chi connectivity index (χ4v) is 4.42. The van der Waals surface area contributed by atoms with E-state index in [-0.39, 0.29) is 11.7 Å². The van der Waals surface area contributed by atoms with Crippen molar-refractivity contribution in [3.8, 4) is 0 Å². The van der Waals surface area contributed by atoms with Gasteiger partial charge in [-0.15, -0.1) is 0 Å². The average molecular weight is 298 g/mol. The molecule has 2 rings (SSSR count). The monoisotopic (exact) mass is 298 g/mol. The van der Waals surface area contributed by atoms with Crippen LogP contribution in [0.3, 0.4) is 0 Å². The van der Waals surface area contributed by atoms with Crippen molar-refractivity contribution in [3.63, 3.8) is 0 Å². The molecule has 0 radical (unpaired) electrons. The molecule has 1 heterocycles. The largest absolute Gasteiger partial charge is 0.389 e. The van der Waals surface area contributed by atoms with Crippen molar-refractivity contribution < 1.29 is 8.42 Å². The SMILES string of the molecule is Cc1cccc(C(N)=S)c1NCC1CCS(=O)(=O)C1. The number of para-hydroxylation sites is 1. The summed E-state index contributed by atoms with van der Waals surface area (Å²) in [5.41, 5.74) is 8.50. The lowest BCUT2D eigenvalue weighted by Gasteiger charge is -2.16. The molecule has 1 atom stereocenters. The highest BCUT2D eigenvalue weighted by atomic mass is 32.2. The molecule has 0 bridgehead atoms. The summed E-state index contributed by atoms with van der Waals surface area (Å²) in [6.45, 7) is 2.62. The number of hydrogen-bond acceptors (Lipinski definition) is 4. The standard InChI is InChI=1S/C13H18N2O2S2/c1-9-3-2-4-11(13(14)18)12(9)15-7-10-5-6-19(16,17)8-10/h2-4,10,15H,5-8H2,1H3,(H2,14,18). The maximum atomic E-state index is 11.4. The topological polar surface area (TPSA) is 72.2 Å². The van der Waals surface area contributed by atoms with Crippen LogP contribution >= 0.6 is 12.2 Å². The predicted molar refractivity (Wildman–Crippen MR) is 82.3 cm³/mol. The van der Waals surface area contributed by atoms with Gasteiger partial charge < -0.3 is 11.1 Å². The van der Waals surface area contributed by atoms with Crippen LogP contribution in [0, 0.1) is 12.8 Å². The van der Waals surface area contributed by atoms with Crippen LogP contribution in [0.5, 0.6) is 0 Å². The molecule has 1 saturated heterocycles. The lowest BCUT2D eigenvalue weighted by Crippen LogP contribution is -2.19. The number of anilines is 1. The first kappa shape index (κ1) is 14.3. The summed E-state index contributed by atoms with van der Waals surface area (Å²) in [4.78, 5) is 0.352. The van der Waals surface area contributed by atoms with Gasteiger partial charge in [-0.2, -0.15) is 0 Å². The number of nitrogens with one attached hydrogen (secondary N) is 1. The number of rotatable bonds is 4. The molecule has 1 aromatic carbocycles. The van der Waals surface area contributed by atoms with E-state index in [1.165, 1.54) is 0 Å². The molecule has 0 amide bonds. The summed E-state index contributed by atoms with van der Waals surface area (Å²) < 4.78 is 22.9. The summed E-state index contributed by atoms with van der Waals surface area (Å²) in [5, 5.41) is 3.31. The summed E-state index contributed by atoms with van der Waals surface area (Å²) in [7, 11) is -2.83. The van der Waals surface area contributed by atoms with E-state index in [1.54, 1.807) is 0 Å². The van der Waals surface area contributed by atoms with Crippen LogP contribution < -0.4 is 11.1 Å². The van der Waals surface area contributed by atoms with Crippen LogP contribution in [0.4, 0.5) is 5.69 Å². The van der Waals surface area contributed by atoms with E-state index in [0.29, 0.717) is 17.3 Å². The second-order valence-corrected chi connectivity index (χ2v) is 7.68. The van der Waals surface area contributed by atoms with Gasteiger partial charge in [0.1, 0.15) is 4.99 Å². The highest BCUT2D eigenvalue weighted by Gasteiger charge is 2.27. The third-order valence-corrected chi connectivity index (χ3v) is 5.49. The highest BCUT2D eigenvalue weighted by Crippen LogP contribution is 2.23. The van der Waals surface area contributed by atoms with E-state index >= 15 is 0 Å². The van der Waals surface area contributed by atoms with E-state index in [0.717, 1.165) is 23.2 Å². The first-order chi connectivity index (χ1) is 8.89. The fraction of sp³-hybridized carbons (Fsp3) is 0.462. The Morgan fingerprint density at radius 1 is 1.53 bits per heavy atom. The maximum absolute atomic E-state index is 11.4. The molecule has 1 unspecified atom stereocenters. The molecule has 1 aromatic rings. The molecule has 0 aromatic heterocycles. The Bertz CT molecular complexity index is 597. The van der Waals surface area contributed by atoms with E-state index in [4.69, 9.17) is 18.0 Å². The Balaban J connectivity index is 2.10. The molecule has 6 heteroatoms. The zero-order valence-electron chi connectivity index (χ0n) is 10.8. The maximum Gasteiger partial charge on any atom is 0.150 e. The molecule has 19 heavy (non-hydrogen) atoms. The van der Waals surface area contributed by atoms with Gasteiger partial charge in [-0.1, -0.05) is 24.4 Å². The second kappa shape index (κ2) is 5.46. The molecule has 0 spiro atoms. The van der Waals surface area contributed by atoms with Crippen molar-refractivity contribution >= 4 is 32.7 Å². The van der Waals surface area contributed by atoms with Crippen LogP contribution in [0.25, 0.3) is 0 Å². The molecule has 0 saturated carbocycles. The van der Waals surface area contributed by atoms with Crippen LogP contribution in [0.2, 0.25) is 0 Å². The van der Waals surface area contributed by atoms with Gasteiger partial charge in [-0.05, 0) is 30.9 Å². The molecule has 1 aliphatic rings. The number of sulfone groups is 1. The van der Waals surface area contributed by atoms with Gasteiger partial charge in [0, 0.05) is 17.8 Å². The van der Waals surface area contributed by atoms with Gasteiger partial charge in [-0.25, -0.2) is 8.42 Å². The smallest absolute Gasteiger partial charge is 0.150 e. The second-order valence-electron chi connectivity index (χ2n) is 5.01. The first-order valence-corrected chi connectivity index (χ1v) is 8.46. The van der Waals surface area contributed by atoms with Crippen LogP contribution in [-0.4, -0.2) is 31.5 Å². The van der Waals surface area contributed by atoms with Crippen molar-refractivity contribution in [2.45, 2.75) is 13.3 Å². The van der Waals surface area contributed by atoms with E-state index in [9.17, 15) is 8.42 Å². The molecule has 104 valence electrons. The Morgan fingerprint density at radius 2 is 2.26 bits per heavy atom. The molecule has 0 aliphatic carbocycles. The molecular weight excluding hydrogens is 280 g/mol. The number of nitrogens with two attached hydrogens (primary N) is 1. The van der Waals surface area contributed by atoms with Crippen LogP contribution in [0.1, 0.15) is 17.5 Å². The molecule has 3 N–H and O–H groups in total. The van der Waals surface area contributed by atoms with Gasteiger partial charge in [-0.3, -0.25) is 0 Å². The van der Waals surface area contributed by atoms with Crippen LogP contribution in [0.15, 0.2) is 18.2 Å². The van der Waals surface area contributed by atoms with Gasteiger partial charge >= 0.3 is 0 Å². The Kier molecular flexibility index (Phi) is 4.10. The van der Waals surface area contributed by atoms with Crippen molar-refractivity contribution in [3.05, 3.63) is 29.3 Å². The lowest BCUT2D eigenvalue weighted by atomic mass is 10.1. The number of benzene rings is 1. The zero-order valence-corrected chi connectivity index (χ0v) is 12.5. The number of hydrogen-bond donors (Lipinski definition) is 2. The van der Waals surface area contributed by atoms with E-state index < -0.39 is 9.84 Å². The van der Waals surface area contributed by atoms with E-state index in [2.05, 4.69) is 5.32 Å². The quantitative estimate of drug-likeness (QED) is 0.824. The summed E-state index contributed by atoms with van der Waals surface area (Å²) in [6, 6.07) is 5.77. The summed E-state index contributed by atoms with van der Waals surface area (Å²) >= 11 is 5.04. The third-order valence-electron chi connectivity index (χ3n) is 3.43. The van der Waals surface area contributed by atoms with Crippen molar-refractivity contribution in [1.29, 1.82) is 0 Å². The Morgan fingerprint density at radius 3 is 2.84 bits per heavy atom. The highest BCUT2D eigenvalue weighted by molar-refractivity contribution is 7.91.